The third kappa shape index (κ3) is 4.15. The van der Waals surface area contributed by atoms with E-state index in [-0.39, 0.29) is 11.8 Å². The fraction of sp³-hybridized carbons (Fsp3) is 0.385. The number of hydrogen-bond donors (Lipinski definition) is 0. The monoisotopic (exact) mass is 433 g/mol. The van der Waals surface area contributed by atoms with Gasteiger partial charge in [0.15, 0.2) is 0 Å². The highest BCUT2D eigenvalue weighted by Gasteiger charge is 2.42. The Labute approximate surface area is 190 Å². The number of anilines is 1. The molecule has 0 saturated carbocycles. The molecular formula is C26H31N3O3. The lowest BCUT2D eigenvalue weighted by Gasteiger charge is -2.34. The number of carbonyl (C=O) groups excluding carboxylic acids is 2. The van der Waals surface area contributed by atoms with Crippen molar-refractivity contribution in [2.75, 3.05) is 44.7 Å². The van der Waals surface area contributed by atoms with Gasteiger partial charge in [-0.2, -0.15) is 0 Å². The van der Waals surface area contributed by atoms with Crippen molar-refractivity contribution in [1.29, 1.82) is 0 Å². The largest absolute Gasteiger partial charge is 0.494 e. The van der Waals surface area contributed by atoms with Crippen molar-refractivity contribution >= 4 is 23.1 Å². The topological polar surface area (TPSA) is 53.1 Å². The van der Waals surface area contributed by atoms with E-state index in [0.29, 0.717) is 42.6 Å². The first-order valence-corrected chi connectivity index (χ1v) is 11.3. The second-order valence-corrected chi connectivity index (χ2v) is 8.66. The van der Waals surface area contributed by atoms with Crippen LogP contribution in [-0.2, 0) is 9.59 Å². The van der Waals surface area contributed by atoms with Crippen LogP contribution in [0, 0.1) is 0 Å². The highest BCUT2D eigenvalue weighted by molar-refractivity contribution is 6.45. The summed E-state index contributed by atoms with van der Waals surface area (Å²) in [5.74, 6) is 0.606. The summed E-state index contributed by atoms with van der Waals surface area (Å²) in [6.07, 6.45) is 0. The standard InChI is InChI=1S/C26H31N3O3/c1-5-32-22-12-8-20(9-13-22)23-24(28-16-14-27(4)15-17-28)26(31)29(25(23)30)21-10-6-19(7-11-21)18(2)3/h6-13,18H,5,14-17H2,1-4H3. The van der Waals surface area contributed by atoms with Gasteiger partial charge in [-0.05, 0) is 55.3 Å². The maximum atomic E-state index is 13.6. The van der Waals surface area contributed by atoms with Crippen molar-refractivity contribution < 1.29 is 14.3 Å². The Morgan fingerprint density at radius 2 is 1.50 bits per heavy atom. The lowest BCUT2D eigenvalue weighted by Crippen LogP contribution is -2.46. The molecule has 6 heteroatoms. The van der Waals surface area contributed by atoms with Gasteiger partial charge in [-0.1, -0.05) is 38.1 Å². The third-order valence-electron chi connectivity index (χ3n) is 6.15. The third-order valence-corrected chi connectivity index (χ3v) is 6.15. The molecule has 0 aliphatic carbocycles. The van der Waals surface area contributed by atoms with Crippen LogP contribution in [0.4, 0.5) is 5.69 Å². The van der Waals surface area contributed by atoms with E-state index in [2.05, 4.69) is 30.7 Å². The molecule has 2 aromatic carbocycles. The summed E-state index contributed by atoms with van der Waals surface area (Å²) in [7, 11) is 2.07. The SMILES string of the molecule is CCOc1ccc(C2=C(N3CCN(C)CC3)C(=O)N(c3ccc(C(C)C)cc3)C2=O)cc1. The van der Waals surface area contributed by atoms with Crippen LogP contribution in [0.1, 0.15) is 37.8 Å². The zero-order chi connectivity index (χ0) is 22.8. The van der Waals surface area contributed by atoms with Crippen LogP contribution in [0.2, 0.25) is 0 Å². The fourth-order valence-electron chi connectivity index (χ4n) is 4.23. The fourth-order valence-corrected chi connectivity index (χ4v) is 4.23. The quantitative estimate of drug-likeness (QED) is 0.650. The first-order chi connectivity index (χ1) is 15.4. The molecule has 0 aromatic heterocycles. The highest BCUT2D eigenvalue weighted by atomic mass is 16.5. The van der Waals surface area contributed by atoms with Crippen LogP contribution >= 0.6 is 0 Å². The van der Waals surface area contributed by atoms with Crippen molar-refractivity contribution in [3.05, 3.63) is 65.4 Å². The Morgan fingerprint density at radius 3 is 2.06 bits per heavy atom. The summed E-state index contributed by atoms with van der Waals surface area (Å²) in [5.41, 5.74) is 3.49. The second kappa shape index (κ2) is 9.17. The molecule has 2 aromatic rings. The molecule has 0 N–H and O–H groups in total. The molecule has 0 spiro atoms. The average molecular weight is 434 g/mol. The molecule has 168 valence electrons. The molecule has 2 amide bonds. The van der Waals surface area contributed by atoms with Gasteiger partial charge in [0.05, 0.1) is 17.9 Å². The highest BCUT2D eigenvalue weighted by Crippen LogP contribution is 2.36. The molecule has 2 aliphatic rings. The molecule has 0 atom stereocenters. The van der Waals surface area contributed by atoms with Crippen molar-refractivity contribution in [2.24, 2.45) is 0 Å². The molecule has 6 nitrogen and oxygen atoms in total. The van der Waals surface area contributed by atoms with Gasteiger partial charge in [-0.25, -0.2) is 4.90 Å². The first kappa shape index (κ1) is 22.1. The van der Waals surface area contributed by atoms with E-state index in [4.69, 9.17) is 4.74 Å². The smallest absolute Gasteiger partial charge is 0.282 e. The Bertz CT molecular complexity index is 1020. The minimum absolute atomic E-state index is 0.249. The molecule has 0 bridgehead atoms. The minimum Gasteiger partial charge on any atom is -0.494 e. The maximum absolute atomic E-state index is 13.6. The Balaban J connectivity index is 1.74. The zero-order valence-corrected chi connectivity index (χ0v) is 19.3. The molecule has 32 heavy (non-hydrogen) atoms. The first-order valence-electron chi connectivity index (χ1n) is 11.3. The molecule has 4 rings (SSSR count). The zero-order valence-electron chi connectivity index (χ0n) is 19.3. The molecule has 2 aliphatic heterocycles. The van der Waals surface area contributed by atoms with E-state index in [9.17, 15) is 9.59 Å². The van der Waals surface area contributed by atoms with E-state index in [1.54, 1.807) is 0 Å². The summed E-state index contributed by atoms with van der Waals surface area (Å²) in [6, 6.07) is 15.2. The number of ether oxygens (including phenoxy) is 1. The predicted molar refractivity (Wildman–Crippen MR) is 127 cm³/mol. The van der Waals surface area contributed by atoms with Gasteiger partial charge < -0.3 is 14.5 Å². The molecule has 0 unspecified atom stereocenters. The molecule has 2 heterocycles. The van der Waals surface area contributed by atoms with Crippen molar-refractivity contribution in [3.8, 4) is 5.75 Å². The normalized spacial score (nSPS) is 17.7. The van der Waals surface area contributed by atoms with E-state index in [0.717, 1.165) is 24.4 Å². The summed E-state index contributed by atoms with van der Waals surface area (Å²) in [4.78, 5) is 32.9. The van der Waals surface area contributed by atoms with Crippen LogP contribution in [0.25, 0.3) is 5.57 Å². The van der Waals surface area contributed by atoms with Gasteiger partial charge >= 0.3 is 0 Å². The van der Waals surface area contributed by atoms with Gasteiger partial charge in [0.2, 0.25) is 0 Å². The lowest BCUT2D eigenvalue weighted by molar-refractivity contribution is -0.120. The van der Waals surface area contributed by atoms with Crippen LogP contribution in [0.5, 0.6) is 5.75 Å². The van der Waals surface area contributed by atoms with Gasteiger partial charge in [0.25, 0.3) is 11.8 Å². The number of hydrogen-bond acceptors (Lipinski definition) is 5. The van der Waals surface area contributed by atoms with Gasteiger partial charge in [-0.3, -0.25) is 9.59 Å². The number of imide groups is 1. The van der Waals surface area contributed by atoms with Crippen LogP contribution in [-0.4, -0.2) is 61.4 Å². The summed E-state index contributed by atoms with van der Waals surface area (Å²) < 4.78 is 5.55. The Morgan fingerprint density at radius 1 is 0.875 bits per heavy atom. The van der Waals surface area contributed by atoms with E-state index < -0.39 is 0 Å². The Kier molecular flexibility index (Phi) is 6.33. The van der Waals surface area contributed by atoms with Crippen molar-refractivity contribution in [2.45, 2.75) is 26.7 Å². The summed E-state index contributed by atoms with van der Waals surface area (Å²) >= 11 is 0. The number of nitrogens with zero attached hydrogens (tertiary/aromatic N) is 3. The minimum atomic E-state index is -0.273. The molecule has 0 radical (unpaired) electrons. The van der Waals surface area contributed by atoms with E-state index in [1.807, 2.05) is 55.5 Å². The number of likely N-dealkylation sites (N-methyl/N-ethyl adjacent to an activating group) is 1. The molecular weight excluding hydrogens is 402 g/mol. The molecule has 1 fully saturated rings. The number of rotatable bonds is 6. The molecule has 1 saturated heterocycles. The van der Waals surface area contributed by atoms with Crippen LogP contribution in [0.3, 0.4) is 0 Å². The number of piperazine rings is 1. The van der Waals surface area contributed by atoms with E-state index in [1.165, 1.54) is 10.5 Å². The maximum Gasteiger partial charge on any atom is 0.282 e. The Hall–Kier alpha value is -3.12. The number of amides is 2. The lowest BCUT2D eigenvalue weighted by atomic mass is 10.0. The van der Waals surface area contributed by atoms with E-state index >= 15 is 0 Å². The van der Waals surface area contributed by atoms with Gasteiger partial charge in [0, 0.05) is 26.2 Å². The predicted octanol–water partition coefficient (Wildman–Crippen LogP) is 3.74. The summed E-state index contributed by atoms with van der Waals surface area (Å²) in [6.45, 7) is 9.89. The van der Waals surface area contributed by atoms with Crippen molar-refractivity contribution in [3.63, 3.8) is 0 Å². The number of benzene rings is 2. The van der Waals surface area contributed by atoms with Crippen molar-refractivity contribution in [1.82, 2.24) is 9.80 Å². The summed E-state index contributed by atoms with van der Waals surface area (Å²) in [5, 5.41) is 0. The number of carbonyl (C=O) groups is 2. The van der Waals surface area contributed by atoms with Gasteiger partial charge in [-0.15, -0.1) is 0 Å². The van der Waals surface area contributed by atoms with Gasteiger partial charge in [0.1, 0.15) is 11.4 Å². The van der Waals surface area contributed by atoms with Crippen LogP contribution in [0.15, 0.2) is 54.2 Å². The average Bonchev–Trinajstić information content (AvgIpc) is 3.05. The van der Waals surface area contributed by atoms with Crippen LogP contribution < -0.4 is 9.64 Å². The second-order valence-electron chi connectivity index (χ2n) is 8.66.